The number of carboxylic acid groups (broad SMARTS) is 1. The largest absolute Gasteiger partial charge is 0.481 e. The van der Waals surface area contributed by atoms with Gasteiger partial charge in [-0.15, -0.1) is 0 Å². The molecule has 0 fully saturated rings. The van der Waals surface area contributed by atoms with E-state index in [1.165, 1.54) is 0 Å². The first kappa shape index (κ1) is 17.8. The number of carbonyl (C=O) groups is 2. The number of nitrogens with one attached hydrogen (secondary N) is 1. The highest BCUT2D eigenvalue weighted by molar-refractivity contribution is 6.30. The number of hydrogen-bond donors (Lipinski definition) is 2. The number of hydrogen-bond acceptors (Lipinski definition) is 3. The molecule has 2 N–H and O–H groups in total. The van der Waals surface area contributed by atoms with Crippen LogP contribution in [0.1, 0.15) is 18.4 Å². The third-order valence-corrected chi connectivity index (χ3v) is 3.53. The quantitative estimate of drug-likeness (QED) is 0.764. The van der Waals surface area contributed by atoms with E-state index in [1.807, 2.05) is 24.3 Å². The molecule has 6 heteroatoms. The van der Waals surface area contributed by atoms with Gasteiger partial charge >= 0.3 is 5.97 Å². The summed E-state index contributed by atoms with van der Waals surface area (Å²) in [5.41, 5.74) is 1.05. The van der Waals surface area contributed by atoms with Gasteiger partial charge in [0.1, 0.15) is 11.5 Å². The monoisotopic (exact) mass is 347 g/mol. The van der Waals surface area contributed by atoms with Gasteiger partial charge in [0.15, 0.2) is 0 Å². The summed E-state index contributed by atoms with van der Waals surface area (Å²) in [6.07, 6.45) is 0.520. The molecule has 0 saturated carbocycles. The van der Waals surface area contributed by atoms with Crippen molar-refractivity contribution in [2.75, 3.05) is 6.54 Å². The van der Waals surface area contributed by atoms with Gasteiger partial charge in [0.25, 0.3) is 0 Å². The van der Waals surface area contributed by atoms with E-state index in [1.54, 1.807) is 24.3 Å². The molecule has 0 bridgehead atoms. The molecule has 0 heterocycles. The maximum absolute atomic E-state index is 11.4. The van der Waals surface area contributed by atoms with Crippen LogP contribution in [0, 0.1) is 0 Å². The Kier molecular flexibility index (Phi) is 6.63. The zero-order chi connectivity index (χ0) is 17.4. The van der Waals surface area contributed by atoms with Crippen molar-refractivity contribution in [1.82, 2.24) is 5.32 Å². The summed E-state index contributed by atoms with van der Waals surface area (Å²) in [7, 11) is 0. The fourth-order valence-electron chi connectivity index (χ4n) is 2.02. The fourth-order valence-corrected chi connectivity index (χ4v) is 2.14. The van der Waals surface area contributed by atoms with Crippen molar-refractivity contribution in [2.45, 2.75) is 19.3 Å². The fraction of sp³-hybridized carbons (Fsp3) is 0.222. The van der Waals surface area contributed by atoms with Crippen molar-refractivity contribution in [3.63, 3.8) is 0 Å². The van der Waals surface area contributed by atoms with E-state index in [0.29, 0.717) is 29.5 Å². The van der Waals surface area contributed by atoms with Crippen LogP contribution in [0.25, 0.3) is 0 Å². The van der Waals surface area contributed by atoms with Gasteiger partial charge in [-0.3, -0.25) is 9.59 Å². The van der Waals surface area contributed by atoms with Gasteiger partial charge in [-0.05, 0) is 48.4 Å². The third-order valence-electron chi connectivity index (χ3n) is 3.27. The molecular formula is C18H18ClNO4. The minimum Gasteiger partial charge on any atom is -0.481 e. The lowest BCUT2D eigenvalue weighted by atomic mass is 10.1. The average Bonchev–Trinajstić information content (AvgIpc) is 2.57. The zero-order valence-electron chi connectivity index (χ0n) is 13.0. The molecule has 0 radical (unpaired) electrons. The number of rotatable bonds is 8. The minimum absolute atomic E-state index is 0.00318. The lowest BCUT2D eigenvalue weighted by molar-refractivity contribution is -0.138. The Balaban J connectivity index is 1.76. The molecule has 5 nitrogen and oxygen atoms in total. The van der Waals surface area contributed by atoms with Crippen LogP contribution in [0.5, 0.6) is 11.5 Å². The summed E-state index contributed by atoms with van der Waals surface area (Å²) < 4.78 is 5.70. The summed E-state index contributed by atoms with van der Waals surface area (Å²) >= 11 is 5.83. The van der Waals surface area contributed by atoms with E-state index in [4.69, 9.17) is 21.4 Å². The highest BCUT2D eigenvalue weighted by Gasteiger charge is 2.05. The molecule has 2 aromatic rings. The standard InChI is InChI=1S/C18H18ClNO4/c19-14-3-7-16(8-4-14)24-15-5-1-13(2-6-15)11-12-20-17(21)9-10-18(22)23/h1-8H,9-12H2,(H,20,21)(H,22,23). The number of carbonyl (C=O) groups excluding carboxylic acids is 1. The molecule has 126 valence electrons. The van der Waals surface area contributed by atoms with Crippen LogP contribution in [0.3, 0.4) is 0 Å². The number of halogens is 1. The van der Waals surface area contributed by atoms with Gasteiger partial charge in [0.05, 0.1) is 6.42 Å². The van der Waals surface area contributed by atoms with Crippen LogP contribution in [-0.4, -0.2) is 23.5 Å². The van der Waals surface area contributed by atoms with Crippen molar-refractivity contribution in [3.8, 4) is 11.5 Å². The second-order valence-corrected chi connectivity index (χ2v) is 5.63. The van der Waals surface area contributed by atoms with Crippen molar-refractivity contribution >= 4 is 23.5 Å². The Morgan fingerprint density at radius 1 is 0.958 bits per heavy atom. The van der Waals surface area contributed by atoms with Gasteiger partial charge in [-0.1, -0.05) is 23.7 Å². The highest BCUT2D eigenvalue weighted by atomic mass is 35.5. The van der Waals surface area contributed by atoms with Crippen molar-refractivity contribution in [2.24, 2.45) is 0 Å². The van der Waals surface area contributed by atoms with Crippen molar-refractivity contribution in [1.29, 1.82) is 0 Å². The van der Waals surface area contributed by atoms with Crippen LogP contribution in [0.4, 0.5) is 0 Å². The smallest absolute Gasteiger partial charge is 0.303 e. The normalized spacial score (nSPS) is 10.2. The number of carboxylic acids is 1. The van der Waals surface area contributed by atoms with Gasteiger partial charge in [-0.2, -0.15) is 0 Å². The molecule has 0 unspecified atom stereocenters. The van der Waals surface area contributed by atoms with Gasteiger partial charge in [0, 0.05) is 18.0 Å². The SMILES string of the molecule is O=C(O)CCC(=O)NCCc1ccc(Oc2ccc(Cl)cc2)cc1. The summed E-state index contributed by atoms with van der Waals surface area (Å²) in [4.78, 5) is 21.8. The Morgan fingerprint density at radius 3 is 2.12 bits per heavy atom. The topological polar surface area (TPSA) is 75.6 Å². The second-order valence-electron chi connectivity index (χ2n) is 5.19. The number of aliphatic carboxylic acids is 1. The number of benzene rings is 2. The molecule has 2 aromatic carbocycles. The second kappa shape index (κ2) is 8.93. The van der Waals surface area contributed by atoms with E-state index < -0.39 is 5.97 Å². The Morgan fingerprint density at radius 2 is 1.54 bits per heavy atom. The zero-order valence-corrected chi connectivity index (χ0v) is 13.8. The van der Waals surface area contributed by atoms with Gasteiger partial charge < -0.3 is 15.2 Å². The molecule has 0 aliphatic heterocycles. The van der Waals surface area contributed by atoms with Crippen molar-refractivity contribution < 1.29 is 19.4 Å². The van der Waals surface area contributed by atoms with Gasteiger partial charge in [-0.25, -0.2) is 0 Å². The Labute approximate surface area is 145 Å². The maximum Gasteiger partial charge on any atom is 0.303 e. The lowest BCUT2D eigenvalue weighted by Gasteiger charge is -2.08. The Bertz CT molecular complexity index is 683. The van der Waals surface area contributed by atoms with E-state index in [2.05, 4.69) is 5.32 Å². The van der Waals surface area contributed by atoms with E-state index in [0.717, 1.165) is 5.56 Å². The molecule has 1 amide bonds. The molecule has 24 heavy (non-hydrogen) atoms. The Hall–Kier alpha value is -2.53. The molecule has 0 spiro atoms. The van der Waals surface area contributed by atoms with E-state index >= 15 is 0 Å². The predicted octanol–water partition coefficient (Wildman–Crippen LogP) is 3.66. The van der Waals surface area contributed by atoms with Gasteiger partial charge in [0.2, 0.25) is 5.91 Å². The summed E-state index contributed by atoms with van der Waals surface area (Å²) in [6, 6.07) is 14.7. The highest BCUT2D eigenvalue weighted by Crippen LogP contribution is 2.23. The first-order chi connectivity index (χ1) is 11.5. The van der Waals surface area contributed by atoms with Crippen LogP contribution in [-0.2, 0) is 16.0 Å². The lowest BCUT2D eigenvalue weighted by Crippen LogP contribution is -2.25. The van der Waals surface area contributed by atoms with E-state index in [-0.39, 0.29) is 18.7 Å². The molecule has 0 aliphatic carbocycles. The van der Waals surface area contributed by atoms with Crippen LogP contribution in [0.2, 0.25) is 5.02 Å². The molecular weight excluding hydrogens is 330 g/mol. The first-order valence-corrected chi connectivity index (χ1v) is 7.91. The summed E-state index contributed by atoms with van der Waals surface area (Å²) in [5, 5.41) is 11.9. The molecule has 0 aliphatic rings. The maximum atomic E-state index is 11.4. The average molecular weight is 348 g/mol. The number of ether oxygens (including phenoxy) is 1. The van der Waals surface area contributed by atoms with Crippen LogP contribution < -0.4 is 10.1 Å². The predicted molar refractivity (Wildman–Crippen MR) is 91.6 cm³/mol. The molecule has 2 rings (SSSR count). The molecule has 0 saturated heterocycles. The van der Waals surface area contributed by atoms with Crippen LogP contribution >= 0.6 is 11.6 Å². The third kappa shape index (κ3) is 6.30. The minimum atomic E-state index is -0.971. The summed E-state index contributed by atoms with van der Waals surface area (Å²) in [5.74, 6) is 0.200. The molecule has 0 aromatic heterocycles. The van der Waals surface area contributed by atoms with Crippen LogP contribution in [0.15, 0.2) is 48.5 Å². The van der Waals surface area contributed by atoms with E-state index in [9.17, 15) is 9.59 Å². The molecule has 0 atom stereocenters. The first-order valence-electron chi connectivity index (χ1n) is 7.54. The number of amides is 1. The van der Waals surface area contributed by atoms with Crippen molar-refractivity contribution in [3.05, 3.63) is 59.1 Å². The summed E-state index contributed by atoms with van der Waals surface area (Å²) in [6.45, 7) is 0.468.